The lowest BCUT2D eigenvalue weighted by Crippen LogP contribution is -2.15. The predicted molar refractivity (Wildman–Crippen MR) is 56.2 cm³/mol. The molecule has 72 valence electrons. The molecule has 12 heavy (non-hydrogen) atoms. The van der Waals surface area contributed by atoms with E-state index in [9.17, 15) is 4.57 Å². The van der Waals surface area contributed by atoms with Crippen molar-refractivity contribution >= 4 is 7.80 Å². The van der Waals surface area contributed by atoms with Crippen LogP contribution in [0.1, 0.15) is 41.5 Å². The molecule has 0 spiro atoms. The fraction of sp³-hybridized carbons (Fsp3) is 1.00. The van der Waals surface area contributed by atoms with Crippen LogP contribution < -0.4 is 0 Å². The second-order valence-electron chi connectivity index (χ2n) is 4.33. The van der Waals surface area contributed by atoms with Crippen LogP contribution in [-0.2, 0) is 4.57 Å². The van der Waals surface area contributed by atoms with Crippen LogP contribution in [0.4, 0.5) is 0 Å². The van der Waals surface area contributed by atoms with Crippen LogP contribution in [0.2, 0.25) is 0 Å². The van der Waals surface area contributed by atoms with Gasteiger partial charge < -0.3 is 0 Å². The summed E-state index contributed by atoms with van der Waals surface area (Å²) in [5.74, 6) is 1.07. The van der Waals surface area contributed by atoms with Crippen LogP contribution in [0.3, 0.4) is 0 Å². The largest absolute Gasteiger partial charge is 0.344 e. The molecule has 0 aliphatic heterocycles. The van der Waals surface area contributed by atoms with Gasteiger partial charge in [0.2, 0.25) is 0 Å². The molecule has 0 radical (unpaired) electrons. The molecule has 0 amide bonds. The Bertz CT molecular complexity index is 136. The van der Waals surface area contributed by atoms with E-state index in [0.717, 1.165) is 0 Å². The van der Waals surface area contributed by atoms with Crippen LogP contribution in [0, 0.1) is 11.8 Å². The molecule has 0 saturated carbocycles. The molecule has 0 heterocycles. The summed E-state index contributed by atoms with van der Waals surface area (Å²) in [4.78, 5) is 0. The van der Waals surface area contributed by atoms with Gasteiger partial charge in [-0.3, -0.25) is 0 Å². The molecule has 0 aromatic rings. The van der Waals surface area contributed by atoms with Crippen LogP contribution in [0.5, 0.6) is 0 Å². The molecule has 0 aliphatic rings. The third kappa shape index (κ3) is 3.23. The molecule has 1 nitrogen and oxygen atoms in total. The monoisotopic (exact) mass is 189 g/mol. The summed E-state index contributed by atoms with van der Waals surface area (Å²) >= 11 is 0. The predicted octanol–water partition coefficient (Wildman–Crippen LogP) is 3.90. The van der Waals surface area contributed by atoms with E-state index in [2.05, 4.69) is 41.5 Å². The van der Waals surface area contributed by atoms with E-state index in [-0.39, 0.29) is 0 Å². The zero-order valence-corrected chi connectivity index (χ0v) is 10.1. The Morgan fingerprint density at radius 3 is 1.17 bits per heavy atom. The fourth-order valence-corrected chi connectivity index (χ4v) is 2.88. The third-order valence-electron chi connectivity index (χ3n) is 2.73. The fourth-order valence-electron chi connectivity index (χ4n) is 0.959. The molecule has 2 atom stereocenters. The number of hydrogen-bond acceptors (Lipinski definition) is 1. The van der Waals surface area contributed by atoms with Gasteiger partial charge >= 0.3 is 7.80 Å². The Balaban J connectivity index is 4.19. The van der Waals surface area contributed by atoms with Gasteiger partial charge in [-0.1, -0.05) is 32.3 Å². The van der Waals surface area contributed by atoms with Crippen LogP contribution >= 0.6 is 7.80 Å². The highest BCUT2D eigenvalue weighted by molar-refractivity contribution is 7.46. The summed E-state index contributed by atoms with van der Waals surface area (Å²) in [6, 6.07) is 0. The third-order valence-corrected chi connectivity index (χ3v) is 5.53. The molecule has 0 rings (SSSR count). The molecule has 0 fully saturated rings. The topological polar surface area (TPSA) is 17.1 Å². The smallest absolute Gasteiger partial charge is 0.0742 e. The molecule has 2 unspecified atom stereocenters. The zero-order valence-electron chi connectivity index (χ0n) is 9.16. The van der Waals surface area contributed by atoms with Crippen LogP contribution in [-0.4, -0.2) is 11.3 Å². The minimum absolute atomic E-state index is 0.359. The van der Waals surface area contributed by atoms with E-state index in [4.69, 9.17) is 0 Å². The Morgan fingerprint density at radius 2 is 1.00 bits per heavy atom. The van der Waals surface area contributed by atoms with Gasteiger partial charge in [0.15, 0.2) is 11.3 Å². The van der Waals surface area contributed by atoms with Gasteiger partial charge in [0.05, 0.1) is 0 Å². The van der Waals surface area contributed by atoms with Crippen LogP contribution in [0.25, 0.3) is 0 Å². The molecule has 0 aromatic heterocycles. The first-order valence-corrected chi connectivity index (χ1v) is 6.23. The summed E-state index contributed by atoms with van der Waals surface area (Å²) in [7, 11) is -1.03. The van der Waals surface area contributed by atoms with E-state index in [1.807, 2.05) is 0 Å². The minimum atomic E-state index is -1.03. The quantitative estimate of drug-likeness (QED) is 0.613. The first-order chi connectivity index (χ1) is 5.37. The Kier molecular flexibility index (Phi) is 5.01. The average molecular weight is 189 g/mol. The van der Waals surface area contributed by atoms with Crippen LogP contribution in [0.15, 0.2) is 0 Å². The van der Waals surface area contributed by atoms with E-state index in [1.54, 1.807) is 0 Å². The normalized spacial score (nSPS) is 18.2. The van der Waals surface area contributed by atoms with Crippen molar-refractivity contribution in [1.29, 1.82) is 0 Å². The van der Waals surface area contributed by atoms with Crippen molar-refractivity contribution in [2.75, 3.05) is 0 Å². The van der Waals surface area contributed by atoms with Crippen molar-refractivity contribution < 1.29 is 4.57 Å². The van der Waals surface area contributed by atoms with E-state index in [0.29, 0.717) is 23.2 Å². The lowest BCUT2D eigenvalue weighted by Gasteiger charge is -2.11. The first kappa shape index (κ1) is 12.1. The van der Waals surface area contributed by atoms with E-state index in [1.165, 1.54) is 0 Å². The van der Waals surface area contributed by atoms with E-state index >= 15 is 0 Å². The van der Waals surface area contributed by atoms with Gasteiger partial charge in [-0.05, 0) is 25.7 Å². The molecule has 0 aromatic carbocycles. The zero-order chi connectivity index (χ0) is 9.89. The lowest BCUT2D eigenvalue weighted by atomic mass is 10.1. The van der Waals surface area contributed by atoms with Gasteiger partial charge in [0.1, 0.15) is 0 Å². The minimum Gasteiger partial charge on any atom is -0.0742 e. The molecule has 0 saturated heterocycles. The summed E-state index contributed by atoms with van der Waals surface area (Å²) < 4.78 is 11.9. The SMILES string of the molecule is CC(C)C(C)[P+](=O)C(C)C(C)C. The highest BCUT2D eigenvalue weighted by Crippen LogP contribution is 2.40. The van der Waals surface area contributed by atoms with Crippen molar-refractivity contribution in [3.05, 3.63) is 0 Å². The molecule has 0 aliphatic carbocycles. The number of hydrogen-bond donors (Lipinski definition) is 0. The average Bonchev–Trinajstić information content (AvgIpc) is 2.00. The maximum absolute atomic E-state index is 11.9. The summed E-state index contributed by atoms with van der Waals surface area (Å²) in [6.45, 7) is 12.8. The molecular weight excluding hydrogens is 167 g/mol. The summed E-state index contributed by atoms with van der Waals surface area (Å²) in [6.07, 6.45) is 0. The first-order valence-electron chi connectivity index (χ1n) is 4.83. The van der Waals surface area contributed by atoms with Gasteiger partial charge in [0.25, 0.3) is 0 Å². The maximum Gasteiger partial charge on any atom is 0.344 e. The van der Waals surface area contributed by atoms with Gasteiger partial charge in [-0.15, -0.1) is 0 Å². The van der Waals surface area contributed by atoms with E-state index < -0.39 is 7.80 Å². The second kappa shape index (κ2) is 4.97. The van der Waals surface area contributed by atoms with Crippen molar-refractivity contribution in [3.8, 4) is 0 Å². The molecular formula is C10H22OP+. The van der Waals surface area contributed by atoms with Gasteiger partial charge in [0, 0.05) is 0 Å². The lowest BCUT2D eigenvalue weighted by molar-refractivity contribution is 0.523. The maximum atomic E-state index is 11.9. The van der Waals surface area contributed by atoms with Crippen molar-refractivity contribution in [2.45, 2.75) is 52.9 Å². The molecule has 0 N–H and O–H groups in total. The highest BCUT2D eigenvalue weighted by atomic mass is 31.1. The second-order valence-corrected chi connectivity index (χ2v) is 6.68. The Labute approximate surface area is 77.7 Å². The summed E-state index contributed by atoms with van der Waals surface area (Å²) in [5, 5.41) is 0. The Hall–Kier alpha value is 0.100. The number of rotatable bonds is 4. The van der Waals surface area contributed by atoms with Crippen molar-refractivity contribution in [3.63, 3.8) is 0 Å². The summed E-state index contributed by atoms with van der Waals surface area (Å²) in [5.41, 5.74) is 0.717. The Morgan fingerprint density at radius 1 is 0.750 bits per heavy atom. The van der Waals surface area contributed by atoms with Gasteiger partial charge in [-0.2, -0.15) is 0 Å². The highest BCUT2D eigenvalue weighted by Gasteiger charge is 2.35. The van der Waals surface area contributed by atoms with Crippen molar-refractivity contribution in [1.82, 2.24) is 0 Å². The molecule has 0 bridgehead atoms. The van der Waals surface area contributed by atoms with Crippen molar-refractivity contribution in [2.24, 2.45) is 11.8 Å². The molecule has 2 heteroatoms. The van der Waals surface area contributed by atoms with Gasteiger partial charge in [-0.25, -0.2) is 0 Å². The standard InChI is InChI=1S/C10H22OP/c1-7(2)9(5)12(11)10(6)8(3)4/h7-10H,1-6H3/q+1.